The number of nitrogens with zero attached hydrogens (tertiary/aromatic N) is 2. The highest BCUT2D eigenvalue weighted by Crippen LogP contribution is 2.43. The summed E-state index contributed by atoms with van der Waals surface area (Å²) in [5, 5.41) is 10.1. The molecule has 0 unspecified atom stereocenters. The van der Waals surface area contributed by atoms with Gasteiger partial charge in [0.15, 0.2) is 0 Å². The zero-order chi connectivity index (χ0) is 25.3. The van der Waals surface area contributed by atoms with Crippen molar-refractivity contribution in [2.45, 2.75) is 57.2 Å². The van der Waals surface area contributed by atoms with Gasteiger partial charge in [0.1, 0.15) is 0 Å². The molecule has 9 heteroatoms. The fourth-order valence-corrected chi connectivity index (χ4v) is 4.77. The molecular weight excluding hydrogens is 469 g/mol. The lowest BCUT2D eigenvalue weighted by Gasteiger charge is -2.13. The number of nitrogens with one attached hydrogen (secondary N) is 2. The molecule has 5 rings (SSSR count). The van der Waals surface area contributed by atoms with Gasteiger partial charge in [-0.1, -0.05) is 31.0 Å². The normalized spacial score (nSPS) is 16.2. The van der Waals surface area contributed by atoms with E-state index in [1.165, 1.54) is 16.9 Å². The van der Waals surface area contributed by atoms with Gasteiger partial charge in [0.2, 0.25) is 5.91 Å². The predicted molar refractivity (Wildman–Crippen MR) is 129 cm³/mol. The van der Waals surface area contributed by atoms with Crippen LogP contribution in [0.1, 0.15) is 71.6 Å². The monoisotopic (exact) mass is 496 g/mol. The summed E-state index contributed by atoms with van der Waals surface area (Å²) in [6, 6.07) is 12.3. The first-order chi connectivity index (χ1) is 17.3. The van der Waals surface area contributed by atoms with E-state index in [0.717, 1.165) is 56.2 Å². The summed E-state index contributed by atoms with van der Waals surface area (Å²) in [4.78, 5) is 25.5. The van der Waals surface area contributed by atoms with Gasteiger partial charge >= 0.3 is 6.18 Å². The van der Waals surface area contributed by atoms with Crippen LogP contribution in [-0.2, 0) is 17.5 Å². The fourth-order valence-electron chi connectivity index (χ4n) is 4.77. The highest BCUT2D eigenvalue weighted by atomic mass is 19.4. The van der Waals surface area contributed by atoms with E-state index in [-0.39, 0.29) is 35.9 Å². The first-order valence-electron chi connectivity index (χ1n) is 12.2. The number of aromatic nitrogens is 2. The van der Waals surface area contributed by atoms with Gasteiger partial charge in [-0.05, 0) is 61.6 Å². The smallest absolute Gasteiger partial charge is 0.348 e. The Bertz CT molecular complexity index is 1270. The largest absolute Gasteiger partial charge is 0.416 e. The number of amides is 2. The van der Waals surface area contributed by atoms with Crippen molar-refractivity contribution in [2.75, 3.05) is 5.32 Å². The van der Waals surface area contributed by atoms with Crippen molar-refractivity contribution < 1.29 is 22.8 Å². The van der Waals surface area contributed by atoms with Crippen molar-refractivity contribution in [1.29, 1.82) is 0 Å². The molecule has 0 atom stereocenters. The predicted octanol–water partition coefficient (Wildman–Crippen LogP) is 5.83. The lowest BCUT2D eigenvalue weighted by atomic mass is 10.1. The number of alkyl halides is 3. The molecule has 1 aromatic heterocycles. The summed E-state index contributed by atoms with van der Waals surface area (Å²) in [5.74, 6) is -0.167. The van der Waals surface area contributed by atoms with Gasteiger partial charge in [0.05, 0.1) is 28.7 Å². The number of carbonyl (C=O) groups excluding carboxylic acids is 2. The molecule has 0 spiro atoms. The second-order valence-electron chi connectivity index (χ2n) is 9.53. The summed E-state index contributed by atoms with van der Waals surface area (Å²) in [6.07, 6.45) is 2.66. The SMILES string of the molecule is O=C(NCc1cccc(NC(=O)C2CCCC2)c1)c1cnn(-c2cccc(C(F)(F)F)c2)c1C1CC1. The molecule has 188 valence electrons. The topological polar surface area (TPSA) is 76.0 Å². The van der Waals surface area contributed by atoms with E-state index in [1.807, 2.05) is 24.3 Å². The first-order valence-corrected chi connectivity index (χ1v) is 12.2. The van der Waals surface area contributed by atoms with Gasteiger partial charge in [-0.15, -0.1) is 0 Å². The van der Waals surface area contributed by atoms with Crippen molar-refractivity contribution in [3.05, 3.63) is 77.1 Å². The first kappa shape index (κ1) is 24.1. The van der Waals surface area contributed by atoms with Crippen LogP contribution in [0.15, 0.2) is 54.7 Å². The molecule has 36 heavy (non-hydrogen) atoms. The highest BCUT2D eigenvalue weighted by molar-refractivity contribution is 5.95. The van der Waals surface area contributed by atoms with Gasteiger partial charge < -0.3 is 10.6 Å². The fraction of sp³-hybridized carbons (Fsp3) is 0.370. The zero-order valence-corrected chi connectivity index (χ0v) is 19.6. The molecule has 1 heterocycles. The summed E-state index contributed by atoms with van der Waals surface area (Å²) in [7, 11) is 0. The summed E-state index contributed by atoms with van der Waals surface area (Å²) >= 11 is 0. The van der Waals surface area contributed by atoms with Crippen LogP contribution >= 0.6 is 0 Å². The number of benzene rings is 2. The van der Waals surface area contributed by atoms with Gasteiger partial charge in [0, 0.05) is 24.1 Å². The summed E-state index contributed by atoms with van der Waals surface area (Å²) in [5.41, 5.74) is 2.02. The van der Waals surface area contributed by atoms with Gasteiger partial charge in [-0.2, -0.15) is 18.3 Å². The van der Waals surface area contributed by atoms with Crippen LogP contribution in [0, 0.1) is 5.92 Å². The van der Waals surface area contributed by atoms with Crippen molar-refractivity contribution >= 4 is 17.5 Å². The molecule has 0 aliphatic heterocycles. The molecule has 2 aromatic carbocycles. The average molecular weight is 497 g/mol. The van der Waals surface area contributed by atoms with E-state index in [2.05, 4.69) is 15.7 Å². The van der Waals surface area contributed by atoms with E-state index in [1.54, 1.807) is 6.07 Å². The van der Waals surface area contributed by atoms with E-state index >= 15 is 0 Å². The Morgan fingerprint density at radius 3 is 2.47 bits per heavy atom. The van der Waals surface area contributed by atoms with Crippen molar-refractivity contribution in [3.63, 3.8) is 0 Å². The van der Waals surface area contributed by atoms with Crippen molar-refractivity contribution in [2.24, 2.45) is 5.92 Å². The number of anilines is 1. The van der Waals surface area contributed by atoms with Gasteiger partial charge in [-0.25, -0.2) is 4.68 Å². The quantitative estimate of drug-likeness (QED) is 0.432. The Labute approximate surface area is 206 Å². The van der Waals surface area contributed by atoms with Crippen LogP contribution in [0.2, 0.25) is 0 Å². The minimum atomic E-state index is -4.46. The van der Waals surface area contributed by atoms with Crippen LogP contribution in [0.5, 0.6) is 0 Å². The maximum atomic E-state index is 13.2. The van der Waals surface area contributed by atoms with E-state index in [9.17, 15) is 22.8 Å². The summed E-state index contributed by atoms with van der Waals surface area (Å²) < 4.78 is 41.1. The molecular formula is C27H27F3N4O2. The molecule has 2 aliphatic carbocycles. The number of rotatable bonds is 7. The van der Waals surface area contributed by atoms with Crippen LogP contribution in [-0.4, -0.2) is 21.6 Å². The van der Waals surface area contributed by atoms with Crippen LogP contribution in [0.4, 0.5) is 18.9 Å². The molecule has 0 bridgehead atoms. The maximum Gasteiger partial charge on any atom is 0.416 e. The van der Waals surface area contributed by atoms with Crippen LogP contribution in [0.3, 0.4) is 0 Å². The number of hydrogen-bond acceptors (Lipinski definition) is 3. The number of halogens is 3. The van der Waals surface area contributed by atoms with E-state index < -0.39 is 11.7 Å². The van der Waals surface area contributed by atoms with E-state index in [0.29, 0.717) is 16.9 Å². The molecule has 2 N–H and O–H groups in total. The van der Waals surface area contributed by atoms with Crippen LogP contribution < -0.4 is 10.6 Å². The standard InChI is InChI=1S/C27H27F3N4O2/c28-27(29,30)20-8-4-10-22(14-20)34-24(18-11-12-18)23(16-32-34)26(36)31-15-17-5-3-9-21(13-17)33-25(35)19-6-1-2-7-19/h3-5,8-10,13-14,16,18-19H,1-2,6-7,11-12,15H2,(H,31,36)(H,33,35). The summed E-state index contributed by atoms with van der Waals surface area (Å²) in [6.45, 7) is 0.241. The molecule has 3 aromatic rings. The molecule has 0 saturated heterocycles. The molecule has 2 fully saturated rings. The lowest BCUT2D eigenvalue weighted by Crippen LogP contribution is -2.24. The third-order valence-electron chi connectivity index (χ3n) is 6.81. The van der Waals surface area contributed by atoms with Gasteiger partial charge in [-0.3, -0.25) is 9.59 Å². The van der Waals surface area contributed by atoms with Gasteiger partial charge in [0.25, 0.3) is 5.91 Å². The highest BCUT2D eigenvalue weighted by Gasteiger charge is 2.34. The minimum absolute atomic E-state index is 0.0322. The maximum absolute atomic E-state index is 13.2. The molecule has 2 amide bonds. The number of carbonyl (C=O) groups is 2. The zero-order valence-electron chi connectivity index (χ0n) is 19.6. The molecule has 6 nitrogen and oxygen atoms in total. The Kier molecular flexibility index (Phi) is 6.55. The molecule has 2 aliphatic rings. The third kappa shape index (κ3) is 5.29. The third-order valence-corrected chi connectivity index (χ3v) is 6.81. The van der Waals surface area contributed by atoms with E-state index in [4.69, 9.17) is 0 Å². The molecule has 0 radical (unpaired) electrons. The minimum Gasteiger partial charge on any atom is -0.348 e. The van der Waals surface area contributed by atoms with Crippen molar-refractivity contribution in [1.82, 2.24) is 15.1 Å². The average Bonchev–Trinajstić information content (AvgIpc) is 3.36. The Hall–Kier alpha value is -3.62. The molecule has 2 saturated carbocycles. The van der Waals surface area contributed by atoms with Crippen molar-refractivity contribution in [3.8, 4) is 5.69 Å². The second-order valence-corrected chi connectivity index (χ2v) is 9.53. The Morgan fingerprint density at radius 1 is 1.00 bits per heavy atom. The second kappa shape index (κ2) is 9.79. The Morgan fingerprint density at radius 2 is 1.75 bits per heavy atom. The lowest BCUT2D eigenvalue weighted by molar-refractivity contribution is -0.137. The van der Waals surface area contributed by atoms with Crippen LogP contribution in [0.25, 0.3) is 5.69 Å². The number of hydrogen-bond donors (Lipinski definition) is 2. The Balaban J connectivity index is 1.30.